The van der Waals surface area contributed by atoms with Gasteiger partial charge in [0.25, 0.3) is 5.69 Å². The summed E-state index contributed by atoms with van der Waals surface area (Å²) in [5, 5.41) is 16.0. The Hall–Kier alpha value is -1.93. The number of nitro groups is 1. The quantitative estimate of drug-likeness (QED) is 0.519. The third-order valence-corrected chi connectivity index (χ3v) is 4.14. The third-order valence-electron chi connectivity index (χ3n) is 3.22. The average molecular weight is 312 g/mol. The van der Waals surface area contributed by atoms with Crippen LogP contribution in [-0.2, 0) is 10.0 Å². The van der Waals surface area contributed by atoms with Gasteiger partial charge in [-0.05, 0) is 37.8 Å². The van der Waals surface area contributed by atoms with Crippen LogP contribution in [0.25, 0.3) is 0 Å². The molecule has 0 heterocycles. The number of hydrogen-bond acceptors (Lipinski definition) is 5. The van der Waals surface area contributed by atoms with Crippen molar-refractivity contribution in [3.63, 3.8) is 0 Å². The summed E-state index contributed by atoms with van der Waals surface area (Å²) in [5.74, 6) is 0.0830. The maximum atomic E-state index is 11.7. The van der Waals surface area contributed by atoms with Crippen LogP contribution >= 0.6 is 0 Å². The minimum absolute atomic E-state index is 0.0830. The topological polar surface area (TPSA) is 113 Å². The normalized spacial score (nSPS) is 18.5. The first-order valence-electron chi connectivity index (χ1n) is 6.44. The van der Waals surface area contributed by atoms with Crippen molar-refractivity contribution in [2.45, 2.75) is 37.2 Å². The van der Waals surface area contributed by atoms with Crippen molar-refractivity contribution in [3.05, 3.63) is 40.0 Å². The molecule has 0 spiro atoms. The molecule has 0 fully saturated rings. The number of non-ortho nitro benzene ring substituents is 1. The zero-order valence-electron chi connectivity index (χ0n) is 11.5. The van der Waals surface area contributed by atoms with Crippen LogP contribution in [-0.4, -0.2) is 19.4 Å². The first kappa shape index (κ1) is 15.5. The summed E-state index contributed by atoms with van der Waals surface area (Å²) in [6.45, 7) is 1.56. The van der Waals surface area contributed by atoms with E-state index in [1.54, 1.807) is 6.92 Å². The molecule has 1 atom stereocenters. The molecule has 2 rings (SSSR count). The van der Waals surface area contributed by atoms with Gasteiger partial charge in [0.1, 0.15) is 16.7 Å². The van der Waals surface area contributed by atoms with Gasteiger partial charge in [-0.3, -0.25) is 10.1 Å². The maximum Gasteiger partial charge on any atom is 0.271 e. The number of sulfonamides is 1. The van der Waals surface area contributed by atoms with Gasteiger partial charge in [0.2, 0.25) is 10.0 Å². The Bertz CT molecular complexity index is 697. The highest BCUT2D eigenvalue weighted by Crippen LogP contribution is 2.33. The summed E-state index contributed by atoms with van der Waals surface area (Å²) in [7, 11) is -4.12. The van der Waals surface area contributed by atoms with E-state index in [0.717, 1.165) is 25.3 Å². The largest absolute Gasteiger partial charge is 0.485 e. The van der Waals surface area contributed by atoms with Gasteiger partial charge in [0.05, 0.1) is 4.92 Å². The molecule has 0 radical (unpaired) electrons. The Morgan fingerprint density at radius 3 is 2.67 bits per heavy atom. The van der Waals surface area contributed by atoms with Crippen molar-refractivity contribution in [3.8, 4) is 5.75 Å². The summed E-state index contributed by atoms with van der Waals surface area (Å²) in [5.41, 5.74) is 0.0373. The number of aryl methyl sites for hydroxylation is 1. The summed E-state index contributed by atoms with van der Waals surface area (Å²) >= 11 is 0. The third kappa shape index (κ3) is 3.59. The van der Waals surface area contributed by atoms with Crippen molar-refractivity contribution >= 4 is 15.7 Å². The molecular formula is C13H16N2O5S. The number of benzene rings is 1. The average Bonchev–Trinajstić information content (AvgIpc) is 2.40. The molecule has 21 heavy (non-hydrogen) atoms. The number of nitrogens with two attached hydrogens (primary N) is 1. The molecule has 7 nitrogen and oxygen atoms in total. The second-order valence-electron chi connectivity index (χ2n) is 4.91. The number of primary sulfonamides is 1. The summed E-state index contributed by atoms with van der Waals surface area (Å²) < 4.78 is 29.1. The van der Waals surface area contributed by atoms with Crippen LogP contribution < -0.4 is 9.88 Å². The van der Waals surface area contributed by atoms with E-state index in [1.165, 1.54) is 6.07 Å². The molecule has 0 bridgehead atoms. The predicted octanol–water partition coefficient (Wildman–Crippen LogP) is 2.04. The number of rotatable bonds is 4. The lowest BCUT2D eigenvalue weighted by atomic mass is 10.1. The maximum absolute atomic E-state index is 11.7. The summed E-state index contributed by atoms with van der Waals surface area (Å²) in [4.78, 5) is 9.84. The summed E-state index contributed by atoms with van der Waals surface area (Å²) in [6, 6.07) is 2.21. The zero-order chi connectivity index (χ0) is 15.6. The number of nitro benzene ring substituents is 1. The van der Waals surface area contributed by atoms with Crippen LogP contribution in [0.2, 0.25) is 0 Å². The Morgan fingerprint density at radius 1 is 1.43 bits per heavy atom. The minimum Gasteiger partial charge on any atom is -0.485 e. The fourth-order valence-electron chi connectivity index (χ4n) is 2.22. The predicted molar refractivity (Wildman–Crippen MR) is 76.6 cm³/mol. The Labute approximate surface area is 122 Å². The Kier molecular flexibility index (Phi) is 4.29. The standard InChI is InChI=1S/C13H16N2O5S/c1-9-7-10(15(16)17)8-12(21(14,18)19)13(9)20-11-5-3-2-4-6-11/h3,5,7-8,11H,2,4,6H2,1H3,(H2,14,18,19). The van der Waals surface area contributed by atoms with Crippen LogP contribution in [0.5, 0.6) is 5.75 Å². The zero-order valence-corrected chi connectivity index (χ0v) is 12.3. The molecule has 1 unspecified atom stereocenters. The van der Waals surface area contributed by atoms with Crippen LogP contribution in [0.1, 0.15) is 24.8 Å². The molecule has 1 aliphatic rings. The first-order valence-corrected chi connectivity index (χ1v) is 7.99. The smallest absolute Gasteiger partial charge is 0.271 e. The van der Waals surface area contributed by atoms with Crippen LogP contribution in [0.15, 0.2) is 29.2 Å². The molecule has 1 aromatic rings. The highest BCUT2D eigenvalue weighted by molar-refractivity contribution is 7.89. The lowest BCUT2D eigenvalue weighted by Crippen LogP contribution is -2.20. The van der Waals surface area contributed by atoms with Crippen LogP contribution in [0.4, 0.5) is 5.69 Å². The molecule has 8 heteroatoms. The van der Waals surface area contributed by atoms with E-state index in [0.29, 0.717) is 5.56 Å². The van der Waals surface area contributed by atoms with Crippen LogP contribution in [0.3, 0.4) is 0 Å². The van der Waals surface area contributed by atoms with Crippen molar-refractivity contribution in [1.29, 1.82) is 0 Å². The molecule has 0 aromatic heterocycles. The molecule has 0 saturated carbocycles. The second kappa shape index (κ2) is 5.82. The second-order valence-corrected chi connectivity index (χ2v) is 6.44. The highest BCUT2D eigenvalue weighted by atomic mass is 32.2. The number of hydrogen-bond donors (Lipinski definition) is 1. The van der Waals surface area contributed by atoms with Gasteiger partial charge in [-0.2, -0.15) is 0 Å². The molecule has 0 aliphatic heterocycles. The van der Waals surface area contributed by atoms with E-state index in [9.17, 15) is 18.5 Å². The van der Waals surface area contributed by atoms with Gasteiger partial charge in [0.15, 0.2) is 0 Å². The van der Waals surface area contributed by atoms with Gasteiger partial charge in [0, 0.05) is 12.1 Å². The number of ether oxygens (including phenoxy) is 1. The lowest BCUT2D eigenvalue weighted by Gasteiger charge is -2.21. The molecule has 1 aliphatic carbocycles. The van der Waals surface area contributed by atoms with E-state index >= 15 is 0 Å². The number of allylic oxidation sites excluding steroid dienone is 1. The first-order chi connectivity index (χ1) is 9.79. The summed E-state index contributed by atoms with van der Waals surface area (Å²) in [6.07, 6.45) is 6.23. The van der Waals surface area contributed by atoms with E-state index in [1.807, 2.05) is 12.2 Å². The molecule has 1 aromatic carbocycles. The molecule has 114 valence electrons. The monoisotopic (exact) mass is 312 g/mol. The van der Waals surface area contributed by atoms with Gasteiger partial charge in [-0.25, -0.2) is 13.6 Å². The molecule has 2 N–H and O–H groups in total. The molecule has 0 amide bonds. The molecular weight excluding hydrogens is 296 g/mol. The Balaban J connectivity index is 2.50. The van der Waals surface area contributed by atoms with E-state index in [2.05, 4.69) is 0 Å². The fraction of sp³-hybridized carbons (Fsp3) is 0.385. The van der Waals surface area contributed by atoms with Gasteiger partial charge in [-0.1, -0.05) is 6.08 Å². The van der Waals surface area contributed by atoms with E-state index < -0.39 is 14.9 Å². The minimum atomic E-state index is -4.12. The van der Waals surface area contributed by atoms with Gasteiger partial charge >= 0.3 is 0 Å². The lowest BCUT2D eigenvalue weighted by molar-refractivity contribution is -0.385. The highest BCUT2D eigenvalue weighted by Gasteiger charge is 2.24. The Morgan fingerprint density at radius 2 is 2.14 bits per heavy atom. The van der Waals surface area contributed by atoms with Gasteiger partial charge in [-0.15, -0.1) is 0 Å². The van der Waals surface area contributed by atoms with Crippen LogP contribution in [0, 0.1) is 17.0 Å². The van der Waals surface area contributed by atoms with Crippen molar-refractivity contribution in [2.24, 2.45) is 5.14 Å². The number of nitrogens with zero attached hydrogens (tertiary/aromatic N) is 1. The molecule has 0 saturated heterocycles. The SMILES string of the molecule is Cc1cc([N+](=O)[O-])cc(S(N)(=O)=O)c1OC1C=CCCC1. The fourth-order valence-corrected chi connectivity index (χ4v) is 2.97. The van der Waals surface area contributed by atoms with E-state index in [-0.39, 0.29) is 22.4 Å². The van der Waals surface area contributed by atoms with Gasteiger partial charge < -0.3 is 4.74 Å². The van der Waals surface area contributed by atoms with Crippen molar-refractivity contribution in [2.75, 3.05) is 0 Å². The van der Waals surface area contributed by atoms with Crippen molar-refractivity contribution in [1.82, 2.24) is 0 Å². The van der Waals surface area contributed by atoms with Crippen molar-refractivity contribution < 1.29 is 18.1 Å². The van der Waals surface area contributed by atoms with E-state index in [4.69, 9.17) is 9.88 Å².